The van der Waals surface area contributed by atoms with Crippen molar-refractivity contribution in [3.63, 3.8) is 0 Å². The first kappa shape index (κ1) is 10.5. The lowest BCUT2D eigenvalue weighted by Crippen LogP contribution is -1.94. The molecule has 2 aromatic rings. The van der Waals surface area contributed by atoms with Gasteiger partial charge in [-0.05, 0) is 17.7 Å². The molecule has 0 aliphatic carbocycles. The van der Waals surface area contributed by atoms with Crippen molar-refractivity contribution in [2.24, 2.45) is 0 Å². The molecule has 16 heavy (non-hydrogen) atoms. The maximum atomic E-state index is 8.93. The average Bonchev–Trinajstić information content (AvgIpc) is 2.33. The minimum atomic E-state index is 0.409. The van der Waals surface area contributed by atoms with Crippen LogP contribution in [0.2, 0.25) is 5.02 Å². The third kappa shape index (κ3) is 1.86. The molecule has 78 valence electrons. The molecular formula is C13H9ClN2. The SMILES string of the molecule is N#Cc1cc(Cl)cc(-c2ccccc2)c1N. The molecule has 0 aliphatic heterocycles. The van der Waals surface area contributed by atoms with Gasteiger partial charge in [0, 0.05) is 10.6 Å². The van der Waals surface area contributed by atoms with E-state index in [9.17, 15) is 0 Å². The van der Waals surface area contributed by atoms with Crippen molar-refractivity contribution in [3.05, 3.63) is 53.1 Å². The summed E-state index contributed by atoms with van der Waals surface area (Å²) in [5, 5.41) is 9.44. The number of rotatable bonds is 1. The van der Waals surface area contributed by atoms with Crippen molar-refractivity contribution in [2.45, 2.75) is 0 Å². The van der Waals surface area contributed by atoms with Crippen molar-refractivity contribution in [1.29, 1.82) is 5.26 Å². The number of benzene rings is 2. The Hall–Kier alpha value is -1.98. The molecule has 0 heterocycles. The highest BCUT2D eigenvalue weighted by atomic mass is 35.5. The number of nitrogens with two attached hydrogens (primary N) is 1. The van der Waals surface area contributed by atoms with Gasteiger partial charge in [-0.2, -0.15) is 5.26 Å². The van der Waals surface area contributed by atoms with Crippen LogP contribution in [-0.2, 0) is 0 Å². The van der Waals surface area contributed by atoms with Gasteiger partial charge < -0.3 is 5.73 Å². The lowest BCUT2D eigenvalue weighted by molar-refractivity contribution is 1.48. The molecule has 0 aliphatic rings. The van der Waals surface area contributed by atoms with Gasteiger partial charge in [-0.3, -0.25) is 0 Å². The first-order chi connectivity index (χ1) is 7.72. The van der Waals surface area contributed by atoms with Gasteiger partial charge in [0.05, 0.1) is 11.3 Å². The lowest BCUT2D eigenvalue weighted by atomic mass is 10.0. The maximum Gasteiger partial charge on any atom is 0.101 e. The standard InChI is InChI=1S/C13H9ClN2/c14-11-6-10(8-15)13(16)12(7-11)9-4-2-1-3-5-9/h1-7H,16H2. The maximum absolute atomic E-state index is 8.93. The molecular weight excluding hydrogens is 220 g/mol. The van der Waals surface area contributed by atoms with Crippen LogP contribution in [0.3, 0.4) is 0 Å². The predicted molar refractivity (Wildman–Crippen MR) is 66.0 cm³/mol. The highest BCUT2D eigenvalue weighted by Gasteiger charge is 2.08. The van der Waals surface area contributed by atoms with E-state index >= 15 is 0 Å². The number of nitrogen functional groups attached to an aromatic ring is 1. The lowest BCUT2D eigenvalue weighted by Gasteiger charge is -2.08. The highest BCUT2D eigenvalue weighted by molar-refractivity contribution is 6.31. The van der Waals surface area contributed by atoms with E-state index in [1.165, 1.54) is 0 Å². The molecule has 0 aromatic heterocycles. The zero-order valence-electron chi connectivity index (χ0n) is 8.44. The van der Waals surface area contributed by atoms with Crippen LogP contribution < -0.4 is 5.73 Å². The quantitative estimate of drug-likeness (QED) is 0.760. The van der Waals surface area contributed by atoms with Crippen LogP contribution in [0.15, 0.2) is 42.5 Å². The summed E-state index contributed by atoms with van der Waals surface area (Å²) >= 11 is 5.94. The molecule has 0 atom stereocenters. The smallest absolute Gasteiger partial charge is 0.101 e. The van der Waals surface area contributed by atoms with Crippen LogP contribution in [0.1, 0.15) is 5.56 Å². The molecule has 0 bridgehead atoms. The monoisotopic (exact) mass is 228 g/mol. The highest BCUT2D eigenvalue weighted by Crippen LogP contribution is 2.31. The van der Waals surface area contributed by atoms with Crippen LogP contribution in [0.5, 0.6) is 0 Å². The Morgan fingerprint density at radius 2 is 1.81 bits per heavy atom. The van der Waals surface area contributed by atoms with E-state index in [2.05, 4.69) is 0 Å². The number of nitriles is 1. The second-order valence-electron chi connectivity index (χ2n) is 3.39. The second-order valence-corrected chi connectivity index (χ2v) is 3.83. The Labute approximate surface area is 98.9 Å². The fraction of sp³-hybridized carbons (Fsp3) is 0. The summed E-state index contributed by atoms with van der Waals surface area (Å²) in [4.78, 5) is 0. The van der Waals surface area contributed by atoms with Crippen molar-refractivity contribution in [3.8, 4) is 17.2 Å². The van der Waals surface area contributed by atoms with Crippen molar-refractivity contribution in [2.75, 3.05) is 5.73 Å². The first-order valence-corrected chi connectivity index (χ1v) is 5.14. The number of halogens is 1. The zero-order chi connectivity index (χ0) is 11.5. The third-order valence-corrected chi connectivity index (χ3v) is 2.57. The molecule has 0 radical (unpaired) electrons. The first-order valence-electron chi connectivity index (χ1n) is 4.77. The van der Waals surface area contributed by atoms with Gasteiger partial charge in [0.25, 0.3) is 0 Å². The normalized spacial score (nSPS) is 9.75. The molecule has 0 fully saturated rings. The fourth-order valence-corrected chi connectivity index (χ4v) is 1.79. The number of nitrogens with zero attached hydrogens (tertiary/aromatic N) is 1. The van der Waals surface area contributed by atoms with E-state index in [1.54, 1.807) is 12.1 Å². The summed E-state index contributed by atoms with van der Waals surface area (Å²) in [6, 6.07) is 15.0. The van der Waals surface area contributed by atoms with E-state index < -0.39 is 0 Å². The van der Waals surface area contributed by atoms with Gasteiger partial charge in [0.15, 0.2) is 0 Å². The molecule has 2 nitrogen and oxygen atoms in total. The largest absolute Gasteiger partial charge is 0.397 e. The Morgan fingerprint density at radius 1 is 1.12 bits per heavy atom. The Kier molecular flexibility index (Phi) is 2.80. The van der Waals surface area contributed by atoms with Gasteiger partial charge in [-0.1, -0.05) is 41.9 Å². The van der Waals surface area contributed by atoms with Gasteiger partial charge in [-0.15, -0.1) is 0 Å². The van der Waals surface area contributed by atoms with Crippen LogP contribution in [0, 0.1) is 11.3 Å². The molecule has 2 rings (SSSR count). The number of hydrogen-bond acceptors (Lipinski definition) is 2. The summed E-state index contributed by atoms with van der Waals surface area (Å²) in [7, 11) is 0. The summed E-state index contributed by atoms with van der Waals surface area (Å²) < 4.78 is 0. The Morgan fingerprint density at radius 3 is 2.44 bits per heavy atom. The van der Waals surface area contributed by atoms with E-state index in [0.717, 1.165) is 11.1 Å². The van der Waals surface area contributed by atoms with Gasteiger partial charge >= 0.3 is 0 Å². The molecule has 0 spiro atoms. The molecule has 0 unspecified atom stereocenters. The van der Waals surface area contributed by atoms with E-state index in [0.29, 0.717) is 16.3 Å². The van der Waals surface area contributed by atoms with Crippen molar-refractivity contribution < 1.29 is 0 Å². The molecule has 0 saturated heterocycles. The average molecular weight is 229 g/mol. The van der Waals surface area contributed by atoms with Gasteiger partial charge in [0.2, 0.25) is 0 Å². The molecule has 3 heteroatoms. The minimum absolute atomic E-state index is 0.409. The minimum Gasteiger partial charge on any atom is -0.397 e. The van der Waals surface area contributed by atoms with Crippen LogP contribution in [0.25, 0.3) is 11.1 Å². The fourth-order valence-electron chi connectivity index (χ4n) is 1.57. The summed E-state index contributed by atoms with van der Waals surface area (Å²) in [6.07, 6.45) is 0. The number of anilines is 1. The molecule has 2 aromatic carbocycles. The molecule has 0 saturated carbocycles. The van der Waals surface area contributed by atoms with E-state index in [-0.39, 0.29) is 0 Å². The number of hydrogen-bond donors (Lipinski definition) is 1. The molecule has 0 amide bonds. The topological polar surface area (TPSA) is 49.8 Å². The van der Waals surface area contributed by atoms with Crippen LogP contribution >= 0.6 is 11.6 Å². The summed E-state index contributed by atoms with van der Waals surface area (Å²) in [5.41, 5.74) is 8.55. The van der Waals surface area contributed by atoms with Crippen molar-refractivity contribution >= 4 is 17.3 Å². The Bertz CT molecular complexity index is 556. The Balaban J connectivity index is 2.67. The summed E-state index contributed by atoms with van der Waals surface area (Å²) in [5.74, 6) is 0. The molecule has 2 N–H and O–H groups in total. The second kappa shape index (κ2) is 4.26. The zero-order valence-corrected chi connectivity index (χ0v) is 9.20. The van der Waals surface area contributed by atoms with Crippen LogP contribution in [0.4, 0.5) is 5.69 Å². The van der Waals surface area contributed by atoms with Gasteiger partial charge in [-0.25, -0.2) is 0 Å². The van der Waals surface area contributed by atoms with Gasteiger partial charge in [0.1, 0.15) is 6.07 Å². The van der Waals surface area contributed by atoms with E-state index in [1.807, 2.05) is 36.4 Å². The van der Waals surface area contributed by atoms with E-state index in [4.69, 9.17) is 22.6 Å². The predicted octanol–water partition coefficient (Wildman–Crippen LogP) is 3.46. The van der Waals surface area contributed by atoms with Crippen LogP contribution in [-0.4, -0.2) is 0 Å². The van der Waals surface area contributed by atoms with Crippen molar-refractivity contribution in [1.82, 2.24) is 0 Å². The summed E-state index contributed by atoms with van der Waals surface area (Å²) in [6.45, 7) is 0. The third-order valence-electron chi connectivity index (χ3n) is 2.35.